The van der Waals surface area contributed by atoms with Crippen LogP contribution in [0.4, 0.5) is 4.79 Å². The summed E-state index contributed by atoms with van der Waals surface area (Å²) in [6.45, 7) is 0.0102. The topological polar surface area (TPSA) is 124 Å². The third-order valence-corrected chi connectivity index (χ3v) is 7.24. The van der Waals surface area contributed by atoms with Crippen molar-refractivity contribution >= 4 is 19.5 Å². The number of benzene rings is 4. The van der Waals surface area contributed by atoms with E-state index in [2.05, 4.69) is 5.32 Å². The first kappa shape index (κ1) is 25.5. The molecule has 37 heavy (non-hydrogen) atoms. The number of amides is 1. The van der Waals surface area contributed by atoms with Crippen molar-refractivity contribution in [3.63, 3.8) is 0 Å². The van der Waals surface area contributed by atoms with Crippen LogP contribution in [0.25, 0.3) is 0 Å². The first-order valence-electron chi connectivity index (χ1n) is 11.4. The highest BCUT2D eigenvalue weighted by atomic mass is 31.2. The van der Waals surface area contributed by atoms with Gasteiger partial charge in [0.2, 0.25) is 0 Å². The van der Waals surface area contributed by atoms with E-state index in [1.807, 2.05) is 30.3 Å². The highest BCUT2D eigenvalue weighted by Crippen LogP contribution is 2.59. The number of nitrogens with two attached hydrogens (primary N) is 1. The first-order valence-corrected chi connectivity index (χ1v) is 13.0. The zero-order valence-corrected chi connectivity index (χ0v) is 20.7. The average Bonchev–Trinajstić information content (AvgIpc) is 2.92. The number of para-hydroxylation sites is 2. The van der Waals surface area contributed by atoms with Crippen LogP contribution in [0.2, 0.25) is 0 Å². The van der Waals surface area contributed by atoms with Gasteiger partial charge in [-0.25, -0.2) is 9.36 Å². The molecule has 4 aromatic carbocycles. The van der Waals surface area contributed by atoms with Crippen molar-refractivity contribution in [3.05, 3.63) is 132 Å². The van der Waals surface area contributed by atoms with Crippen LogP contribution in [0.5, 0.6) is 11.5 Å². The molecule has 8 nitrogen and oxygen atoms in total. The van der Waals surface area contributed by atoms with Crippen molar-refractivity contribution in [1.29, 1.82) is 5.41 Å². The Balaban J connectivity index is 1.71. The van der Waals surface area contributed by atoms with Gasteiger partial charge in [0.15, 0.2) is 5.78 Å². The minimum absolute atomic E-state index is 0.0102. The van der Waals surface area contributed by atoms with Gasteiger partial charge in [-0.05, 0) is 41.5 Å². The molecule has 0 fully saturated rings. The fraction of sp³-hybridized carbons (Fsp3) is 0.0714. The smallest absolute Gasteiger partial charge is 0.445 e. The zero-order valence-electron chi connectivity index (χ0n) is 19.8. The lowest BCUT2D eigenvalue weighted by Gasteiger charge is -2.28. The second-order valence-corrected chi connectivity index (χ2v) is 9.96. The van der Waals surface area contributed by atoms with Crippen LogP contribution >= 0.6 is 7.60 Å². The summed E-state index contributed by atoms with van der Waals surface area (Å²) < 4.78 is 31.9. The fourth-order valence-corrected chi connectivity index (χ4v) is 5.35. The molecular formula is C28H26N3O5P. The van der Waals surface area contributed by atoms with E-state index < -0.39 is 19.5 Å². The Hall–Kier alpha value is -4.55. The van der Waals surface area contributed by atoms with E-state index in [0.29, 0.717) is 11.1 Å². The molecule has 0 aliphatic heterocycles. The average molecular weight is 516 g/mol. The third-order valence-electron chi connectivity index (χ3n) is 5.25. The van der Waals surface area contributed by atoms with Gasteiger partial charge in [0.25, 0.3) is 0 Å². The van der Waals surface area contributed by atoms with Gasteiger partial charge in [0.05, 0.1) is 0 Å². The summed E-state index contributed by atoms with van der Waals surface area (Å²) in [4.78, 5) is 12.9. The molecule has 0 aliphatic carbocycles. The molecule has 9 heteroatoms. The van der Waals surface area contributed by atoms with Crippen molar-refractivity contribution in [2.75, 3.05) is 0 Å². The lowest BCUT2D eigenvalue weighted by Crippen LogP contribution is -2.31. The molecule has 4 aromatic rings. The number of nitrogen functional groups attached to an aromatic ring is 1. The van der Waals surface area contributed by atoms with Gasteiger partial charge in [-0.2, -0.15) is 0 Å². The molecule has 0 radical (unpaired) electrons. The standard InChI is InChI=1S/C28H26N3O5P/c29-26(30)22-13-10-14-23(19-22)27(31-28(32)34-20-21-11-4-1-5-12-21)37(33,35-24-15-6-2-7-16-24)36-25-17-8-3-9-18-25/h1-19,27H,20H2,(H3,29,30)(H,31,32). The summed E-state index contributed by atoms with van der Waals surface area (Å²) >= 11 is 0. The molecule has 0 aliphatic rings. The number of alkyl carbamates (subject to hydrolysis) is 1. The summed E-state index contributed by atoms with van der Waals surface area (Å²) in [6, 6.07) is 32.7. The van der Waals surface area contributed by atoms with Crippen molar-refractivity contribution < 1.29 is 23.1 Å². The quantitative estimate of drug-likeness (QED) is 0.130. The Morgan fingerprint density at radius 3 is 1.89 bits per heavy atom. The van der Waals surface area contributed by atoms with Crippen LogP contribution in [0.3, 0.4) is 0 Å². The van der Waals surface area contributed by atoms with Crippen molar-refractivity contribution in [2.45, 2.75) is 12.4 Å². The van der Waals surface area contributed by atoms with Crippen LogP contribution in [-0.4, -0.2) is 11.9 Å². The summed E-state index contributed by atoms with van der Waals surface area (Å²) in [6.07, 6.45) is -0.823. The maximum absolute atomic E-state index is 14.5. The molecule has 0 saturated heterocycles. The van der Waals surface area contributed by atoms with E-state index in [9.17, 15) is 9.36 Å². The molecule has 1 amide bonds. The van der Waals surface area contributed by atoms with Gasteiger partial charge in [-0.1, -0.05) is 84.9 Å². The van der Waals surface area contributed by atoms with E-state index in [4.69, 9.17) is 24.9 Å². The van der Waals surface area contributed by atoms with Crippen molar-refractivity contribution in [1.82, 2.24) is 5.32 Å². The molecule has 0 bridgehead atoms. The molecule has 1 unspecified atom stereocenters. The minimum Gasteiger partial charge on any atom is -0.445 e. The van der Waals surface area contributed by atoms with Gasteiger partial charge in [-0.15, -0.1) is 0 Å². The Bertz CT molecular complexity index is 1340. The predicted molar refractivity (Wildman–Crippen MR) is 142 cm³/mol. The van der Waals surface area contributed by atoms with E-state index in [0.717, 1.165) is 5.56 Å². The summed E-state index contributed by atoms with van der Waals surface area (Å²) in [5.74, 6) is -0.909. The molecule has 4 N–H and O–H groups in total. The van der Waals surface area contributed by atoms with Crippen molar-refractivity contribution in [2.24, 2.45) is 5.73 Å². The van der Waals surface area contributed by atoms with Crippen LogP contribution in [-0.2, 0) is 15.9 Å². The SMILES string of the molecule is N=C(N)c1cccc(C(NC(=O)OCc2ccccc2)P(=O)(Oc2ccccc2)Oc2ccccc2)c1. The second-order valence-electron chi connectivity index (χ2n) is 8.00. The monoisotopic (exact) mass is 515 g/mol. The van der Waals surface area contributed by atoms with Crippen LogP contribution in [0.1, 0.15) is 22.5 Å². The normalized spacial score (nSPS) is 11.7. The van der Waals surface area contributed by atoms with Gasteiger partial charge in [-0.3, -0.25) is 5.41 Å². The van der Waals surface area contributed by atoms with Crippen LogP contribution in [0, 0.1) is 5.41 Å². The molecular weight excluding hydrogens is 489 g/mol. The predicted octanol–water partition coefficient (Wildman–Crippen LogP) is 6.25. The summed E-state index contributed by atoms with van der Waals surface area (Å²) in [7, 11) is -4.22. The van der Waals surface area contributed by atoms with Crippen LogP contribution in [0.15, 0.2) is 115 Å². The van der Waals surface area contributed by atoms with Crippen molar-refractivity contribution in [3.8, 4) is 11.5 Å². The van der Waals surface area contributed by atoms with E-state index in [1.165, 1.54) is 0 Å². The molecule has 0 spiro atoms. The van der Waals surface area contributed by atoms with E-state index in [1.54, 1.807) is 84.9 Å². The Kier molecular flexibility index (Phi) is 8.23. The zero-order chi connectivity index (χ0) is 26.1. The van der Waals surface area contributed by atoms with E-state index in [-0.39, 0.29) is 23.9 Å². The van der Waals surface area contributed by atoms with Gasteiger partial charge < -0.3 is 24.8 Å². The molecule has 188 valence electrons. The van der Waals surface area contributed by atoms with Gasteiger partial charge in [0.1, 0.15) is 23.9 Å². The number of nitrogens with one attached hydrogen (secondary N) is 2. The fourth-order valence-electron chi connectivity index (χ4n) is 3.48. The number of carbonyl (C=O) groups is 1. The number of hydrogen-bond donors (Lipinski definition) is 3. The number of carbonyl (C=O) groups excluding carboxylic acids is 1. The van der Waals surface area contributed by atoms with Gasteiger partial charge in [0, 0.05) is 5.56 Å². The summed E-state index contributed by atoms with van der Waals surface area (Å²) in [5.41, 5.74) is 7.22. The maximum atomic E-state index is 14.5. The Morgan fingerprint density at radius 1 is 0.811 bits per heavy atom. The number of rotatable bonds is 10. The Morgan fingerprint density at radius 2 is 1.35 bits per heavy atom. The molecule has 0 aromatic heterocycles. The van der Waals surface area contributed by atoms with E-state index >= 15 is 0 Å². The molecule has 0 heterocycles. The highest BCUT2D eigenvalue weighted by Gasteiger charge is 2.42. The molecule has 0 saturated carbocycles. The first-order chi connectivity index (χ1) is 17.9. The molecule has 1 atom stereocenters. The summed E-state index contributed by atoms with van der Waals surface area (Å²) in [5, 5.41) is 10.5. The lowest BCUT2D eigenvalue weighted by atomic mass is 10.1. The largest absolute Gasteiger partial charge is 0.457 e. The molecule has 4 rings (SSSR count). The number of hydrogen-bond acceptors (Lipinski definition) is 6. The lowest BCUT2D eigenvalue weighted by molar-refractivity contribution is 0.137. The third kappa shape index (κ3) is 6.99. The Labute approximate surface area is 215 Å². The van der Waals surface area contributed by atoms with Gasteiger partial charge >= 0.3 is 13.7 Å². The highest BCUT2D eigenvalue weighted by molar-refractivity contribution is 7.55. The number of amidine groups is 1. The van der Waals surface area contributed by atoms with Crippen LogP contribution < -0.4 is 20.1 Å². The number of ether oxygens (including phenoxy) is 1. The maximum Gasteiger partial charge on any atom is 0.457 e. The minimum atomic E-state index is -4.22. The second kappa shape index (κ2) is 11.9.